The Labute approximate surface area is 262 Å². The number of anilines is 1. The van der Waals surface area contributed by atoms with Gasteiger partial charge < -0.3 is 15.0 Å². The van der Waals surface area contributed by atoms with Crippen molar-refractivity contribution in [2.24, 2.45) is 0 Å². The van der Waals surface area contributed by atoms with Crippen LogP contribution < -0.4 is 5.32 Å². The molecule has 1 fully saturated rings. The molecule has 13 heteroatoms. The summed E-state index contributed by atoms with van der Waals surface area (Å²) in [6.07, 6.45) is -0.495. The number of alkyl halides is 3. The molecule has 2 heterocycles. The molecule has 1 aromatic heterocycles. The van der Waals surface area contributed by atoms with Gasteiger partial charge in [-0.3, -0.25) is 9.59 Å². The van der Waals surface area contributed by atoms with Crippen molar-refractivity contribution in [3.05, 3.63) is 107 Å². The van der Waals surface area contributed by atoms with Crippen LogP contribution in [0.2, 0.25) is 0 Å². The van der Waals surface area contributed by atoms with E-state index in [1.165, 1.54) is 40.2 Å². The molecule has 1 aliphatic rings. The van der Waals surface area contributed by atoms with Gasteiger partial charge in [-0.2, -0.15) is 17.9 Å². The number of rotatable bonds is 7. The maximum Gasteiger partial charge on any atom is 0.416 e. The second-order valence-corrected chi connectivity index (χ2v) is 11.7. The summed E-state index contributed by atoms with van der Waals surface area (Å²) < 4.78 is 47.2. The van der Waals surface area contributed by atoms with Crippen LogP contribution in [0, 0.1) is 0 Å². The van der Waals surface area contributed by atoms with Crippen molar-refractivity contribution in [3.8, 4) is 5.69 Å². The highest BCUT2D eigenvalue weighted by molar-refractivity contribution is 6.01. The average molecular weight is 633 g/mol. The largest absolute Gasteiger partial charge is 0.456 e. The highest BCUT2D eigenvalue weighted by Gasteiger charge is 2.42. The van der Waals surface area contributed by atoms with Gasteiger partial charge in [0.25, 0.3) is 0 Å². The van der Waals surface area contributed by atoms with Crippen molar-refractivity contribution in [2.45, 2.75) is 50.9 Å². The Hall–Kier alpha value is -5.33. The molecule has 10 nitrogen and oxygen atoms in total. The number of tetrazole rings is 1. The van der Waals surface area contributed by atoms with Gasteiger partial charge in [-0.05, 0) is 91.7 Å². The summed E-state index contributed by atoms with van der Waals surface area (Å²) >= 11 is 0. The van der Waals surface area contributed by atoms with Crippen molar-refractivity contribution in [1.29, 1.82) is 0 Å². The fourth-order valence-electron chi connectivity index (χ4n) is 5.26. The van der Waals surface area contributed by atoms with E-state index in [-0.39, 0.29) is 23.7 Å². The van der Waals surface area contributed by atoms with Gasteiger partial charge >= 0.3 is 12.1 Å². The van der Waals surface area contributed by atoms with Gasteiger partial charge in [0.15, 0.2) is 0 Å². The lowest BCUT2D eigenvalue weighted by atomic mass is 9.91. The minimum Gasteiger partial charge on any atom is -0.456 e. The molecule has 0 spiro atoms. The summed E-state index contributed by atoms with van der Waals surface area (Å²) in [5.41, 5.74) is 0.301. The summed E-state index contributed by atoms with van der Waals surface area (Å²) in [5.74, 6) is -1.85. The zero-order valence-electron chi connectivity index (χ0n) is 25.2. The molecule has 0 bridgehead atoms. The zero-order valence-corrected chi connectivity index (χ0v) is 25.2. The minimum atomic E-state index is -4.61. The molecule has 4 aromatic rings. The van der Waals surface area contributed by atoms with Gasteiger partial charge in [-0.25, -0.2) is 4.79 Å². The van der Waals surface area contributed by atoms with Crippen LogP contribution in [-0.2, 0) is 20.5 Å². The molecule has 1 N–H and O–H groups in total. The Morgan fingerprint density at radius 1 is 0.978 bits per heavy atom. The number of ether oxygens (including phenoxy) is 1. The monoisotopic (exact) mass is 632 g/mol. The molecule has 3 aromatic carbocycles. The predicted octanol–water partition coefficient (Wildman–Crippen LogP) is 5.67. The maximum atomic E-state index is 13.8. The van der Waals surface area contributed by atoms with Gasteiger partial charge in [-0.1, -0.05) is 30.3 Å². The number of aromatic nitrogens is 4. The van der Waals surface area contributed by atoms with Crippen LogP contribution in [0.25, 0.3) is 11.8 Å². The Morgan fingerprint density at radius 3 is 2.33 bits per heavy atom. The van der Waals surface area contributed by atoms with Gasteiger partial charge in [0.05, 0.1) is 16.8 Å². The second kappa shape index (κ2) is 13.0. The third-order valence-corrected chi connectivity index (χ3v) is 7.32. The summed E-state index contributed by atoms with van der Waals surface area (Å²) in [4.78, 5) is 41.2. The van der Waals surface area contributed by atoms with E-state index < -0.39 is 41.2 Å². The minimum absolute atomic E-state index is 0.0559. The first-order valence-electron chi connectivity index (χ1n) is 14.4. The number of benzene rings is 3. The number of likely N-dealkylation sites (tertiary alicyclic amines) is 1. The van der Waals surface area contributed by atoms with Gasteiger partial charge in [0.2, 0.25) is 11.8 Å². The van der Waals surface area contributed by atoms with Gasteiger partial charge in [0, 0.05) is 29.8 Å². The van der Waals surface area contributed by atoms with Crippen molar-refractivity contribution >= 4 is 29.5 Å². The summed E-state index contributed by atoms with van der Waals surface area (Å²) in [7, 11) is 0. The normalized spacial score (nSPS) is 16.9. The first kappa shape index (κ1) is 32.1. The molecule has 0 unspecified atom stereocenters. The van der Waals surface area contributed by atoms with E-state index in [1.807, 2.05) is 30.3 Å². The molecule has 238 valence electrons. The van der Waals surface area contributed by atoms with Gasteiger partial charge in [0.1, 0.15) is 18.0 Å². The lowest BCUT2D eigenvalue weighted by Crippen LogP contribution is -2.44. The molecule has 0 radical (unpaired) electrons. The molecular formula is C33H31F3N6O4. The van der Waals surface area contributed by atoms with E-state index >= 15 is 0 Å². The maximum absolute atomic E-state index is 13.8. The number of carbonyl (C=O) groups is 3. The Balaban J connectivity index is 1.41. The Morgan fingerprint density at radius 2 is 1.70 bits per heavy atom. The molecule has 2 amide bonds. The first-order valence-corrected chi connectivity index (χ1v) is 14.4. The molecule has 1 aliphatic heterocycles. The second-order valence-electron chi connectivity index (χ2n) is 11.7. The number of nitrogens with one attached hydrogen (secondary N) is 1. The van der Waals surface area contributed by atoms with E-state index in [0.717, 1.165) is 23.8 Å². The number of halogens is 3. The molecule has 0 aliphatic carbocycles. The van der Waals surface area contributed by atoms with E-state index in [0.29, 0.717) is 17.7 Å². The van der Waals surface area contributed by atoms with E-state index in [1.54, 1.807) is 32.9 Å². The van der Waals surface area contributed by atoms with Crippen molar-refractivity contribution < 1.29 is 32.3 Å². The van der Waals surface area contributed by atoms with Crippen LogP contribution in [0.4, 0.5) is 18.9 Å². The van der Waals surface area contributed by atoms with Crippen LogP contribution in [0.5, 0.6) is 0 Å². The fraction of sp³-hybridized carbons (Fsp3) is 0.273. The number of esters is 1. The van der Waals surface area contributed by atoms with E-state index in [9.17, 15) is 27.6 Å². The lowest BCUT2D eigenvalue weighted by molar-refractivity contribution is -0.137. The topological polar surface area (TPSA) is 119 Å². The molecule has 5 rings (SSSR count). The van der Waals surface area contributed by atoms with Gasteiger partial charge in [-0.15, -0.1) is 5.10 Å². The van der Waals surface area contributed by atoms with Crippen LogP contribution in [0.3, 0.4) is 0 Å². The molecule has 1 saturated heterocycles. The van der Waals surface area contributed by atoms with E-state index in [2.05, 4.69) is 20.8 Å². The van der Waals surface area contributed by atoms with Crippen molar-refractivity contribution in [1.82, 2.24) is 25.1 Å². The molecule has 0 saturated carbocycles. The Bertz CT molecular complexity index is 1730. The quantitative estimate of drug-likeness (QED) is 0.206. The standard InChI is InChI=1S/C33H31F3N6O4/c1-32(2,3)46-31(45)22-9-13-25(14-10-22)38-30(44)29-26(21-7-5-4-6-8-21)17-18-41(29)28(43)16-11-23-19-24(33(34,35)36)12-15-27(23)42-20-37-39-40-42/h4-16,19-20,26,29H,17-18H2,1-3H3,(H,38,44)/b16-11+/t26-,29+/m0/s1. The number of hydrogen-bond donors (Lipinski definition) is 1. The zero-order chi connectivity index (χ0) is 33.1. The smallest absolute Gasteiger partial charge is 0.416 e. The van der Waals surface area contributed by atoms with Crippen molar-refractivity contribution in [3.63, 3.8) is 0 Å². The SMILES string of the molecule is CC(C)(C)OC(=O)c1ccc(NC(=O)[C@H]2[C@H](c3ccccc3)CCN2C(=O)/C=C/c2cc(C(F)(F)F)ccc2-n2cnnn2)cc1. The first-order chi connectivity index (χ1) is 21.8. The van der Waals surface area contributed by atoms with Crippen LogP contribution >= 0.6 is 0 Å². The predicted molar refractivity (Wildman–Crippen MR) is 163 cm³/mol. The number of carbonyl (C=O) groups excluding carboxylic acids is 3. The fourth-order valence-corrected chi connectivity index (χ4v) is 5.26. The third-order valence-electron chi connectivity index (χ3n) is 7.32. The third kappa shape index (κ3) is 7.48. The highest BCUT2D eigenvalue weighted by atomic mass is 19.4. The Kier molecular flexibility index (Phi) is 9.03. The molecule has 46 heavy (non-hydrogen) atoms. The molecular weight excluding hydrogens is 601 g/mol. The van der Waals surface area contributed by atoms with Crippen molar-refractivity contribution in [2.75, 3.05) is 11.9 Å². The van der Waals surface area contributed by atoms with Crippen LogP contribution in [-0.4, -0.2) is 61.1 Å². The highest BCUT2D eigenvalue weighted by Crippen LogP contribution is 2.35. The number of nitrogens with zero attached hydrogens (tertiary/aromatic N) is 5. The number of amides is 2. The number of hydrogen-bond acceptors (Lipinski definition) is 7. The molecule has 2 atom stereocenters. The average Bonchev–Trinajstić information content (AvgIpc) is 3.70. The summed E-state index contributed by atoms with van der Waals surface area (Å²) in [6.45, 7) is 5.53. The van der Waals surface area contributed by atoms with Crippen LogP contribution in [0.15, 0.2) is 85.2 Å². The lowest BCUT2D eigenvalue weighted by Gasteiger charge is -2.27. The summed E-state index contributed by atoms with van der Waals surface area (Å²) in [6, 6.07) is 17.6. The summed E-state index contributed by atoms with van der Waals surface area (Å²) in [5, 5.41) is 13.7. The van der Waals surface area contributed by atoms with E-state index in [4.69, 9.17) is 4.74 Å². The van der Waals surface area contributed by atoms with Crippen LogP contribution in [0.1, 0.15) is 60.2 Å².